The van der Waals surface area contributed by atoms with Crippen molar-refractivity contribution in [1.82, 2.24) is 9.97 Å². The molecule has 0 spiro atoms. The third kappa shape index (κ3) is 3.28. The van der Waals surface area contributed by atoms with Gasteiger partial charge in [0.25, 0.3) is 0 Å². The predicted molar refractivity (Wildman–Crippen MR) is 69.2 cm³/mol. The molecule has 2 rings (SSSR count). The highest BCUT2D eigenvalue weighted by atomic mass is 16.1. The average molecular weight is 242 g/mol. The van der Waals surface area contributed by atoms with Crippen molar-refractivity contribution < 1.29 is 4.79 Å². The van der Waals surface area contributed by atoms with Crippen LogP contribution in [0.3, 0.4) is 0 Å². The molecule has 0 aromatic carbocycles. The molecular formula is C13H14N4O. The number of hydrogen-bond acceptors (Lipinski definition) is 4. The molecule has 2 heterocycles. The summed E-state index contributed by atoms with van der Waals surface area (Å²) in [6.07, 6.45) is 5.92. The van der Waals surface area contributed by atoms with Gasteiger partial charge in [0.1, 0.15) is 5.82 Å². The van der Waals surface area contributed by atoms with E-state index < -0.39 is 5.91 Å². The van der Waals surface area contributed by atoms with Crippen LogP contribution in [0.2, 0.25) is 0 Å². The van der Waals surface area contributed by atoms with Gasteiger partial charge in [-0.1, -0.05) is 6.07 Å². The molecule has 1 amide bonds. The Labute approximate surface area is 105 Å². The number of primary amides is 1. The van der Waals surface area contributed by atoms with Crippen LogP contribution in [0.4, 0.5) is 5.82 Å². The van der Waals surface area contributed by atoms with Crippen LogP contribution in [0.1, 0.15) is 15.9 Å². The lowest BCUT2D eigenvalue weighted by Gasteiger charge is -2.05. The third-order valence-electron chi connectivity index (χ3n) is 2.49. The van der Waals surface area contributed by atoms with E-state index >= 15 is 0 Å². The van der Waals surface area contributed by atoms with Crippen molar-refractivity contribution in [3.05, 3.63) is 54.0 Å². The van der Waals surface area contributed by atoms with E-state index in [2.05, 4.69) is 15.3 Å². The lowest BCUT2D eigenvalue weighted by atomic mass is 10.2. The normalized spacial score (nSPS) is 10.0. The fourth-order valence-electron chi connectivity index (χ4n) is 1.53. The molecule has 5 nitrogen and oxygen atoms in total. The zero-order valence-electron chi connectivity index (χ0n) is 9.84. The van der Waals surface area contributed by atoms with E-state index in [0.29, 0.717) is 5.56 Å². The maximum atomic E-state index is 10.9. The number of nitrogens with one attached hydrogen (secondary N) is 1. The molecule has 5 heteroatoms. The summed E-state index contributed by atoms with van der Waals surface area (Å²) >= 11 is 0. The van der Waals surface area contributed by atoms with Crippen LogP contribution in [0.15, 0.2) is 42.9 Å². The van der Waals surface area contributed by atoms with Gasteiger partial charge in [-0.3, -0.25) is 9.78 Å². The van der Waals surface area contributed by atoms with Crippen molar-refractivity contribution in [3.63, 3.8) is 0 Å². The molecule has 0 unspecified atom stereocenters. The van der Waals surface area contributed by atoms with Gasteiger partial charge in [0.2, 0.25) is 5.91 Å². The third-order valence-corrected chi connectivity index (χ3v) is 2.49. The van der Waals surface area contributed by atoms with Crippen LogP contribution >= 0.6 is 0 Å². The highest BCUT2D eigenvalue weighted by Crippen LogP contribution is 2.05. The first-order valence-electron chi connectivity index (χ1n) is 5.64. The largest absolute Gasteiger partial charge is 0.370 e. The molecule has 0 aliphatic rings. The summed E-state index contributed by atoms with van der Waals surface area (Å²) in [4.78, 5) is 19.0. The van der Waals surface area contributed by atoms with Crippen molar-refractivity contribution in [1.29, 1.82) is 0 Å². The molecule has 3 N–H and O–H groups in total. The fraction of sp³-hybridized carbons (Fsp3) is 0.154. The van der Waals surface area contributed by atoms with Gasteiger partial charge in [0.05, 0.1) is 5.56 Å². The number of anilines is 1. The predicted octanol–water partition coefficient (Wildman–Crippen LogP) is 1.23. The second-order valence-corrected chi connectivity index (χ2v) is 3.83. The van der Waals surface area contributed by atoms with Gasteiger partial charge >= 0.3 is 0 Å². The second-order valence-electron chi connectivity index (χ2n) is 3.83. The number of nitrogens with two attached hydrogens (primary N) is 1. The summed E-state index contributed by atoms with van der Waals surface area (Å²) < 4.78 is 0. The zero-order valence-corrected chi connectivity index (χ0v) is 9.84. The van der Waals surface area contributed by atoms with Crippen molar-refractivity contribution in [2.24, 2.45) is 5.73 Å². The summed E-state index contributed by atoms with van der Waals surface area (Å²) in [7, 11) is 0. The minimum Gasteiger partial charge on any atom is -0.370 e. The van der Waals surface area contributed by atoms with Crippen LogP contribution in [-0.4, -0.2) is 22.4 Å². The van der Waals surface area contributed by atoms with Gasteiger partial charge in [0.15, 0.2) is 0 Å². The van der Waals surface area contributed by atoms with E-state index in [0.717, 1.165) is 18.8 Å². The molecule has 0 saturated heterocycles. The molecule has 0 aliphatic heterocycles. The standard InChI is InChI=1S/C13H14N4O/c14-13(18)11-3-4-12(17-9-11)16-7-5-10-2-1-6-15-8-10/h1-4,6,8-9H,5,7H2,(H2,14,18)(H,16,17). The fourth-order valence-corrected chi connectivity index (χ4v) is 1.53. The molecule has 0 radical (unpaired) electrons. The molecule has 92 valence electrons. The zero-order chi connectivity index (χ0) is 12.8. The van der Waals surface area contributed by atoms with E-state index in [-0.39, 0.29) is 0 Å². The second kappa shape index (κ2) is 5.77. The van der Waals surface area contributed by atoms with Crippen LogP contribution in [-0.2, 0) is 6.42 Å². The molecule has 2 aromatic heterocycles. The number of pyridine rings is 2. The summed E-state index contributed by atoms with van der Waals surface area (Å²) in [6, 6.07) is 7.33. The number of hydrogen-bond donors (Lipinski definition) is 2. The van der Waals surface area contributed by atoms with Crippen molar-refractivity contribution in [2.45, 2.75) is 6.42 Å². The van der Waals surface area contributed by atoms with Crippen LogP contribution in [0.25, 0.3) is 0 Å². The van der Waals surface area contributed by atoms with Crippen LogP contribution < -0.4 is 11.1 Å². The summed E-state index contributed by atoms with van der Waals surface area (Å²) in [5.74, 6) is 0.258. The summed E-state index contributed by atoms with van der Waals surface area (Å²) in [5.41, 5.74) is 6.71. The molecule has 0 bridgehead atoms. The lowest BCUT2D eigenvalue weighted by molar-refractivity contribution is 0.1000. The summed E-state index contributed by atoms with van der Waals surface area (Å²) in [6.45, 7) is 0.759. The van der Waals surface area contributed by atoms with E-state index in [1.165, 1.54) is 11.8 Å². The summed E-state index contributed by atoms with van der Waals surface area (Å²) in [5, 5.41) is 3.17. The number of carbonyl (C=O) groups excluding carboxylic acids is 1. The van der Waals surface area contributed by atoms with Crippen LogP contribution in [0, 0.1) is 0 Å². The average Bonchev–Trinajstić information content (AvgIpc) is 2.40. The first kappa shape index (κ1) is 12.0. The number of rotatable bonds is 5. The molecule has 18 heavy (non-hydrogen) atoms. The Hall–Kier alpha value is -2.43. The van der Waals surface area contributed by atoms with Crippen LogP contribution in [0.5, 0.6) is 0 Å². The van der Waals surface area contributed by atoms with Gasteiger partial charge in [0, 0.05) is 25.1 Å². The minimum absolute atomic E-state index is 0.410. The van der Waals surface area contributed by atoms with Gasteiger partial charge in [-0.2, -0.15) is 0 Å². The van der Waals surface area contributed by atoms with E-state index in [9.17, 15) is 4.79 Å². The quantitative estimate of drug-likeness (QED) is 0.826. The van der Waals surface area contributed by atoms with E-state index in [1.807, 2.05) is 18.3 Å². The topological polar surface area (TPSA) is 80.9 Å². The maximum absolute atomic E-state index is 10.9. The van der Waals surface area contributed by atoms with Gasteiger partial charge < -0.3 is 11.1 Å². The number of aromatic nitrogens is 2. The molecule has 0 aliphatic carbocycles. The molecule has 0 atom stereocenters. The number of nitrogens with zero attached hydrogens (tertiary/aromatic N) is 2. The first-order chi connectivity index (χ1) is 8.75. The Kier molecular flexibility index (Phi) is 3.86. The Morgan fingerprint density at radius 2 is 2.17 bits per heavy atom. The van der Waals surface area contributed by atoms with E-state index in [4.69, 9.17) is 5.73 Å². The number of carbonyl (C=O) groups is 1. The van der Waals surface area contributed by atoms with Crippen molar-refractivity contribution in [3.8, 4) is 0 Å². The Morgan fingerprint density at radius 1 is 1.28 bits per heavy atom. The lowest BCUT2D eigenvalue weighted by Crippen LogP contribution is -2.12. The smallest absolute Gasteiger partial charge is 0.250 e. The van der Waals surface area contributed by atoms with Crippen molar-refractivity contribution in [2.75, 3.05) is 11.9 Å². The molecule has 0 saturated carbocycles. The maximum Gasteiger partial charge on any atom is 0.250 e. The number of amides is 1. The first-order valence-corrected chi connectivity index (χ1v) is 5.64. The minimum atomic E-state index is -0.468. The van der Waals surface area contributed by atoms with E-state index in [1.54, 1.807) is 18.3 Å². The van der Waals surface area contributed by atoms with Crippen molar-refractivity contribution >= 4 is 11.7 Å². The highest BCUT2D eigenvalue weighted by Gasteiger charge is 2.00. The molecule has 2 aromatic rings. The van der Waals surface area contributed by atoms with Gasteiger partial charge in [-0.15, -0.1) is 0 Å². The Bertz CT molecular complexity index is 510. The van der Waals surface area contributed by atoms with Gasteiger partial charge in [-0.25, -0.2) is 4.98 Å². The highest BCUT2D eigenvalue weighted by molar-refractivity contribution is 5.92. The molecular weight excluding hydrogens is 228 g/mol. The Balaban J connectivity index is 1.85. The monoisotopic (exact) mass is 242 g/mol. The Morgan fingerprint density at radius 3 is 2.78 bits per heavy atom. The van der Waals surface area contributed by atoms with Gasteiger partial charge in [-0.05, 0) is 30.2 Å². The SMILES string of the molecule is NC(=O)c1ccc(NCCc2cccnc2)nc1. The molecule has 0 fully saturated rings.